The van der Waals surface area contributed by atoms with Gasteiger partial charge in [-0.3, -0.25) is 24.5 Å². The lowest BCUT2D eigenvalue weighted by Crippen LogP contribution is -2.40. The molecule has 6 rings (SSSR count). The van der Waals surface area contributed by atoms with Crippen LogP contribution in [-0.4, -0.2) is 60.6 Å². The van der Waals surface area contributed by atoms with Crippen LogP contribution in [0.15, 0.2) is 126 Å². The normalized spacial score (nSPS) is 12.8. The van der Waals surface area contributed by atoms with Crippen molar-refractivity contribution in [2.24, 2.45) is 0 Å². The number of piperazine rings is 1. The van der Waals surface area contributed by atoms with Crippen LogP contribution in [0.2, 0.25) is 0 Å². The lowest BCUT2D eigenvalue weighted by atomic mass is 10.0. The average molecular weight is 672 g/mol. The zero-order valence-electron chi connectivity index (χ0n) is 27.5. The number of nitrogens with one attached hydrogen (secondary N) is 3. The molecule has 0 saturated carbocycles. The Morgan fingerprint density at radius 2 is 1.54 bits per heavy atom. The Kier molecular flexibility index (Phi) is 12.2. The van der Waals surface area contributed by atoms with E-state index in [1.807, 2.05) is 30.3 Å². The van der Waals surface area contributed by atoms with E-state index in [2.05, 4.69) is 27.9 Å². The minimum atomic E-state index is -0.477. The average Bonchev–Trinajstić information content (AvgIpc) is 3.62. The number of carbonyl (C=O) groups excluding carboxylic acids is 3. The minimum Gasteiger partial charge on any atom is -0.457 e. The molecule has 1 aliphatic rings. The second kappa shape index (κ2) is 17.3. The third kappa shape index (κ3) is 10.2. The molecule has 0 radical (unpaired) electrons. The summed E-state index contributed by atoms with van der Waals surface area (Å²) in [7, 11) is 2.15. The van der Waals surface area contributed by atoms with Crippen LogP contribution in [-0.2, 0) is 16.0 Å². The van der Waals surface area contributed by atoms with E-state index < -0.39 is 10.8 Å². The molecule has 1 fully saturated rings. The third-order valence-electron chi connectivity index (χ3n) is 7.78. The molecule has 0 aliphatic carbocycles. The number of likely N-dealkylation sites (N-methyl/N-ethyl adjacent to an activating group) is 1. The van der Waals surface area contributed by atoms with Crippen molar-refractivity contribution in [2.45, 2.75) is 6.42 Å². The van der Waals surface area contributed by atoms with Crippen LogP contribution < -0.4 is 16.0 Å². The van der Waals surface area contributed by atoms with Crippen LogP contribution in [0, 0.1) is 10.1 Å². The first-order valence-electron chi connectivity index (χ1n) is 16.1. The number of rotatable bonds is 10. The number of benzene rings is 4. The van der Waals surface area contributed by atoms with Crippen molar-refractivity contribution in [1.29, 1.82) is 0 Å². The van der Waals surface area contributed by atoms with E-state index in [9.17, 15) is 24.5 Å². The summed E-state index contributed by atoms with van der Waals surface area (Å²) in [6.45, 7) is 4.74. The van der Waals surface area contributed by atoms with Gasteiger partial charge in [0.1, 0.15) is 11.5 Å². The molecule has 1 aromatic heterocycles. The van der Waals surface area contributed by atoms with Crippen LogP contribution >= 0.6 is 0 Å². The Labute approximate surface area is 289 Å². The number of nitro groups is 1. The molecule has 0 atom stereocenters. The molecule has 1 saturated heterocycles. The van der Waals surface area contributed by atoms with Crippen molar-refractivity contribution in [3.63, 3.8) is 0 Å². The van der Waals surface area contributed by atoms with Crippen LogP contribution in [0.1, 0.15) is 27.2 Å². The first kappa shape index (κ1) is 35.1. The molecule has 11 nitrogen and oxygen atoms in total. The molecule has 2 heterocycles. The predicted octanol–water partition coefficient (Wildman–Crippen LogP) is 6.44. The SMILES string of the molecule is CN1CCNCC1.O=C(/C=C/c1ccc(-c2ccc([N+](=O)[O-])cc2)o1)Nc1ccc(NC(=O)Cc2ccccc2)c(C(=O)c2ccccc2)c1. The van der Waals surface area contributed by atoms with Gasteiger partial charge in [0.25, 0.3) is 5.69 Å². The van der Waals surface area contributed by atoms with E-state index >= 15 is 0 Å². The Morgan fingerprint density at radius 3 is 2.18 bits per heavy atom. The van der Waals surface area contributed by atoms with E-state index in [1.165, 1.54) is 43.4 Å². The molecule has 50 heavy (non-hydrogen) atoms. The fourth-order valence-corrected chi connectivity index (χ4v) is 5.10. The third-order valence-corrected chi connectivity index (χ3v) is 7.78. The largest absolute Gasteiger partial charge is 0.457 e. The highest BCUT2D eigenvalue weighted by atomic mass is 16.6. The van der Waals surface area contributed by atoms with E-state index in [0.29, 0.717) is 34.0 Å². The van der Waals surface area contributed by atoms with E-state index in [1.54, 1.807) is 66.7 Å². The molecule has 254 valence electrons. The number of anilines is 2. The Hall–Kier alpha value is -6.17. The molecular weight excluding hydrogens is 634 g/mol. The second-order valence-electron chi connectivity index (χ2n) is 11.5. The molecule has 5 aromatic rings. The number of carbonyl (C=O) groups is 3. The van der Waals surface area contributed by atoms with Gasteiger partial charge in [0.05, 0.1) is 17.0 Å². The monoisotopic (exact) mass is 671 g/mol. The van der Waals surface area contributed by atoms with Gasteiger partial charge in [0.2, 0.25) is 11.8 Å². The first-order valence-corrected chi connectivity index (χ1v) is 16.1. The number of hydrogen-bond acceptors (Lipinski definition) is 8. The van der Waals surface area contributed by atoms with Gasteiger partial charge in [-0.25, -0.2) is 0 Å². The maximum absolute atomic E-state index is 13.4. The van der Waals surface area contributed by atoms with Crippen molar-refractivity contribution >= 4 is 40.7 Å². The van der Waals surface area contributed by atoms with Gasteiger partial charge in [-0.05, 0) is 61.2 Å². The zero-order valence-corrected chi connectivity index (χ0v) is 27.5. The number of ketones is 1. The van der Waals surface area contributed by atoms with Crippen molar-refractivity contribution in [1.82, 2.24) is 10.2 Å². The fraction of sp³-hybridized carbons (Fsp3) is 0.154. The van der Waals surface area contributed by atoms with Crippen molar-refractivity contribution in [3.8, 4) is 11.3 Å². The number of nitro benzene ring substituents is 1. The van der Waals surface area contributed by atoms with Gasteiger partial charge in [-0.2, -0.15) is 0 Å². The number of non-ortho nitro benzene ring substituents is 1. The molecule has 0 bridgehead atoms. The number of hydrogen-bond donors (Lipinski definition) is 3. The van der Waals surface area contributed by atoms with Gasteiger partial charge in [0, 0.05) is 66.8 Å². The molecule has 4 aromatic carbocycles. The van der Waals surface area contributed by atoms with Crippen LogP contribution in [0.4, 0.5) is 17.1 Å². The molecule has 0 unspecified atom stereocenters. The first-order chi connectivity index (χ1) is 24.2. The highest BCUT2D eigenvalue weighted by Gasteiger charge is 2.17. The van der Waals surface area contributed by atoms with Crippen LogP contribution in [0.5, 0.6) is 0 Å². The highest BCUT2D eigenvalue weighted by Crippen LogP contribution is 2.26. The quantitative estimate of drug-likeness (QED) is 0.0666. The van der Waals surface area contributed by atoms with Gasteiger partial charge < -0.3 is 25.3 Å². The second-order valence-corrected chi connectivity index (χ2v) is 11.5. The van der Waals surface area contributed by atoms with Crippen molar-refractivity contribution < 1.29 is 23.7 Å². The van der Waals surface area contributed by atoms with E-state index in [-0.39, 0.29) is 29.4 Å². The van der Waals surface area contributed by atoms with E-state index in [0.717, 1.165) is 18.7 Å². The van der Waals surface area contributed by atoms with Crippen molar-refractivity contribution in [2.75, 3.05) is 43.9 Å². The summed E-state index contributed by atoms with van der Waals surface area (Å²) >= 11 is 0. The molecule has 3 N–H and O–H groups in total. The molecule has 11 heteroatoms. The van der Waals surface area contributed by atoms with Gasteiger partial charge in [-0.1, -0.05) is 60.7 Å². The molecular formula is C39H37N5O6. The lowest BCUT2D eigenvalue weighted by Gasteiger charge is -2.21. The van der Waals surface area contributed by atoms with E-state index in [4.69, 9.17) is 4.42 Å². The summed E-state index contributed by atoms with van der Waals surface area (Å²) in [6, 6.07) is 31.9. The minimum absolute atomic E-state index is 0.0247. The van der Waals surface area contributed by atoms with Gasteiger partial charge in [-0.15, -0.1) is 0 Å². The highest BCUT2D eigenvalue weighted by molar-refractivity contribution is 6.15. The lowest BCUT2D eigenvalue weighted by molar-refractivity contribution is -0.384. The Balaban J connectivity index is 0.000000619. The molecule has 2 amide bonds. The number of furan rings is 1. The van der Waals surface area contributed by atoms with Crippen LogP contribution in [0.3, 0.4) is 0 Å². The Morgan fingerprint density at radius 1 is 0.860 bits per heavy atom. The standard InChI is InChI=1S/C34H25N3O6.C5H12N2/c38-32(20-17-28-16-19-31(43-28)24-11-14-27(15-12-24)37(41)42)35-26-13-18-30(36-33(39)21-23-7-3-1-4-8-23)29(22-26)34(40)25-9-5-2-6-10-25;1-7-4-2-6-3-5-7/h1-20,22H,21H2,(H,35,38)(H,36,39);6H,2-5H2,1H3/b20-17+;. The summed E-state index contributed by atoms with van der Waals surface area (Å²) < 4.78 is 5.74. The van der Waals surface area contributed by atoms with Crippen molar-refractivity contribution in [3.05, 3.63) is 154 Å². The van der Waals surface area contributed by atoms with Gasteiger partial charge >= 0.3 is 0 Å². The molecule has 0 spiro atoms. The smallest absolute Gasteiger partial charge is 0.269 e. The summed E-state index contributed by atoms with van der Waals surface area (Å²) in [6.07, 6.45) is 2.91. The summed E-state index contributed by atoms with van der Waals surface area (Å²) in [5.41, 5.74) is 2.82. The Bertz CT molecular complexity index is 1950. The van der Waals surface area contributed by atoms with Crippen LogP contribution in [0.25, 0.3) is 17.4 Å². The topological polar surface area (TPSA) is 147 Å². The van der Waals surface area contributed by atoms with Gasteiger partial charge in [0.15, 0.2) is 5.78 Å². The summed E-state index contributed by atoms with van der Waals surface area (Å²) in [5.74, 6) is -0.160. The fourth-order valence-electron chi connectivity index (χ4n) is 5.10. The maximum atomic E-state index is 13.4. The summed E-state index contributed by atoms with van der Waals surface area (Å²) in [4.78, 5) is 51.6. The number of nitrogens with zero attached hydrogens (tertiary/aromatic N) is 2. The summed E-state index contributed by atoms with van der Waals surface area (Å²) in [5, 5.41) is 19.7. The zero-order chi connectivity index (χ0) is 35.3. The number of amides is 2. The maximum Gasteiger partial charge on any atom is 0.269 e. The predicted molar refractivity (Wildman–Crippen MR) is 194 cm³/mol. The molecule has 1 aliphatic heterocycles.